The minimum atomic E-state index is -4.85. The van der Waals surface area contributed by atoms with Crippen LogP contribution in [0.3, 0.4) is 0 Å². The summed E-state index contributed by atoms with van der Waals surface area (Å²) in [7, 11) is -4.85. The molecule has 0 heterocycles. The van der Waals surface area contributed by atoms with Crippen LogP contribution in [0.25, 0.3) is 0 Å². The summed E-state index contributed by atoms with van der Waals surface area (Å²) in [6, 6.07) is 0. The molecule has 1 aliphatic carbocycles. The zero-order valence-corrected chi connectivity index (χ0v) is 9.51. The van der Waals surface area contributed by atoms with E-state index < -0.39 is 38.3 Å². The normalized spacial score (nSPS) is 28.6. The summed E-state index contributed by atoms with van der Waals surface area (Å²) in [5, 5.41) is 15.8. The standard InChI is InChI=1S/C9H10O7S/c1-9(8(12)13)4-2-3-5(7(10)11)6(9)17(14,15)16/h2-4,6H,1H3,(H,10,11)(H,12,13)(H,14,15,16). The molecule has 0 fully saturated rings. The zero-order valence-electron chi connectivity index (χ0n) is 8.69. The van der Waals surface area contributed by atoms with Gasteiger partial charge >= 0.3 is 11.9 Å². The molecule has 0 radical (unpaired) electrons. The molecule has 3 N–H and O–H groups in total. The van der Waals surface area contributed by atoms with Crippen LogP contribution in [0.1, 0.15) is 6.92 Å². The van der Waals surface area contributed by atoms with E-state index in [1.54, 1.807) is 0 Å². The van der Waals surface area contributed by atoms with Crippen LogP contribution in [0.15, 0.2) is 23.8 Å². The van der Waals surface area contributed by atoms with Gasteiger partial charge in [-0.05, 0) is 6.92 Å². The van der Waals surface area contributed by atoms with Crippen molar-refractivity contribution in [2.75, 3.05) is 0 Å². The SMILES string of the molecule is CC1(C(=O)O)C=CC=C(C(=O)O)C1S(=O)(=O)O. The third-order valence-corrected chi connectivity index (χ3v) is 3.89. The van der Waals surface area contributed by atoms with Crippen molar-refractivity contribution in [2.45, 2.75) is 12.2 Å². The van der Waals surface area contributed by atoms with Crippen molar-refractivity contribution in [3.05, 3.63) is 23.8 Å². The van der Waals surface area contributed by atoms with Crippen molar-refractivity contribution in [3.63, 3.8) is 0 Å². The van der Waals surface area contributed by atoms with Crippen molar-refractivity contribution in [1.29, 1.82) is 0 Å². The van der Waals surface area contributed by atoms with Gasteiger partial charge in [-0.15, -0.1) is 0 Å². The molecular weight excluding hydrogens is 252 g/mol. The van der Waals surface area contributed by atoms with Crippen LogP contribution in [-0.4, -0.2) is 40.4 Å². The van der Waals surface area contributed by atoms with Crippen molar-refractivity contribution in [2.24, 2.45) is 5.41 Å². The van der Waals surface area contributed by atoms with E-state index in [0.29, 0.717) is 0 Å². The second-order valence-electron chi connectivity index (χ2n) is 3.77. The summed E-state index contributed by atoms with van der Waals surface area (Å²) in [5.41, 5.74) is -2.70. The fraction of sp³-hybridized carbons (Fsp3) is 0.333. The second kappa shape index (κ2) is 3.97. The fourth-order valence-electron chi connectivity index (χ4n) is 1.69. The molecule has 8 heteroatoms. The van der Waals surface area contributed by atoms with Gasteiger partial charge in [0.25, 0.3) is 10.1 Å². The Balaban J connectivity index is 3.50. The average molecular weight is 262 g/mol. The Labute approximate surface area is 96.8 Å². The Morgan fingerprint density at radius 1 is 1.35 bits per heavy atom. The van der Waals surface area contributed by atoms with Gasteiger partial charge in [-0.25, -0.2) is 4.79 Å². The van der Waals surface area contributed by atoms with Gasteiger partial charge < -0.3 is 10.2 Å². The number of carbonyl (C=O) groups is 2. The molecule has 0 aliphatic heterocycles. The van der Waals surface area contributed by atoms with Gasteiger partial charge in [0.05, 0.1) is 5.57 Å². The smallest absolute Gasteiger partial charge is 0.333 e. The maximum Gasteiger partial charge on any atom is 0.333 e. The molecule has 0 spiro atoms. The Hall–Kier alpha value is -1.67. The summed E-state index contributed by atoms with van der Waals surface area (Å²) in [4.78, 5) is 21.9. The highest BCUT2D eigenvalue weighted by Gasteiger charge is 2.51. The minimum absolute atomic E-state index is 0.681. The topological polar surface area (TPSA) is 129 Å². The third kappa shape index (κ3) is 2.22. The third-order valence-electron chi connectivity index (χ3n) is 2.55. The van der Waals surface area contributed by atoms with Crippen LogP contribution in [0.4, 0.5) is 0 Å². The van der Waals surface area contributed by atoms with E-state index in [-0.39, 0.29) is 0 Å². The highest BCUT2D eigenvalue weighted by Crippen LogP contribution is 2.36. The van der Waals surface area contributed by atoms with E-state index in [0.717, 1.165) is 25.2 Å². The molecule has 2 unspecified atom stereocenters. The maximum atomic E-state index is 11.2. The lowest BCUT2D eigenvalue weighted by Crippen LogP contribution is -2.47. The summed E-state index contributed by atoms with van der Waals surface area (Å²) in [6.07, 6.45) is 3.12. The second-order valence-corrected chi connectivity index (χ2v) is 5.27. The van der Waals surface area contributed by atoms with Gasteiger partial charge in [-0.1, -0.05) is 18.2 Å². The Kier molecular flexibility index (Phi) is 3.13. The number of rotatable bonds is 3. The lowest BCUT2D eigenvalue weighted by Gasteiger charge is -2.31. The molecular formula is C9H10O7S. The molecule has 0 amide bonds. The molecule has 0 aromatic carbocycles. The number of carboxylic acid groups (broad SMARTS) is 2. The highest BCUT2D eigenvalue weighted by atomic mass is 32.2. The van der Waals surface area contributed by atoms with Crippen LogP contribution in [-0.2, 0) is 19.7 Å². The highest BCUT2D eigenvalue weighted by molar-refractivity contribution is 7.86. The lowest BCUT2D eigenvalue weighted by atomic mass is 9.79. The van der Waals surface area contributed by atoms with E-state index >= 15 is 0 Å². The van der Waals surface area contributed by atoms with E-state index in [4.69, 9.17) is 14.8 Å². The molecule has 7 nitrogen and oxygen atoms in total. The molecule has 1 rings (SSSR count). The van der Waals surface area contributed by atoms with Gasteiger partial charge in [0.15, 0.2) is 0 Å². The predicted octanol–water partition coefficient (Wildman–Crippen LogP) is -0.0855. The van der Waals surface area contributed by atoms with Crippen molar-refractivity contribution < 1.29 is 32.8 Å². The van der Waals surface area contributed by atoms with Crippen LogP contribution in [0, 0.1) is 5.41 Å². The van der Waals surface area contributed by atoms with Crippen molar-refractivity contribution >= 4 is 22.1 Å². The van der Waals surface area contributed by atoms with Gasteiger partial charge in [-0.3, -0.25) is 9.35 Å². The van der Waals surface area contributed by atoms with Crippen LogP contribution >= 0.6 is 0 Å². The van der Waals surface area contributed by atoms with Crippen LogP contribution in [0.2, 0.25) is 0 Å². The molecule has 0 bridgehead atoms. The summed E-state index contributed by atoms with van der Waals surface area (Å²) in [6.45, 7) is 1.03. The number of allylic oxidation sites excluding steroid dienone is 2. The quantitative estimate of drug-likeness (QED) is 0.606. The first-order chi connectivity index (χ1) is 7.60. The van der Waals surface area contributed by atoms with Crippen molar-refractivity contribution in [1.82, 2.24) is 0 Å². The molecule has 2 atom stereocenters. The molecule has 0 saturated carbocycles. The maximum absolute atomic E-state index is 11.2. The average Bonchev–Trinajstić information content (AvgIpc) is 2.14. The number of hydrogen-bond donors (Lipinski definition) is 3. The summed E-state index contributed by atoms with van der Waals surface area (Å²) >= 11 is 0. The Morgan fingerprint density at radius 2 is 1.88 bits per heavy atom. The number of aliphatic carboxylic acids is 2. The van der Waals surface area contributed by atoms with E-state index in [1.807, 2.05) is 0 Å². The molecule has 17 heavy (non-hydrogen) atoms. The monoisotopic (exact) mass is 262 g/mol. The molecule has 0 aromatic heterocycles. The Morgan fingerprint density at radius 3 is 2.24 bits per heavy atom. The van der Waals surface area contributed by atoms with E-state index in [1.165, 1.54) is 0 Å². The van der Waals surface area contributed by atoms with E-state index in [9.17, 15) is 18.0 Å². The van der Waals surface area contributed by atoms with Gasteiger partial charge in [0.2, 0.25) is 0 Å². The Bertz CT molecular complexity index is 528. The summed E-state index contributed by atoms with van der Waals surface area (Å²) in [5.74, 6) is -3.13. The summed E-state index contributed by atoms with van der Waals surface area (Å²) < 4.78 is 31.4. The van der Waals surface area contributed by atoms with Crippen LogP contribution in [0.5, 0.6) is 0 Å². The zero-order chi connectivity index (χ0) is 13.4. The van der Waals surface area contributed by atoms with Crippen LogP contribution < -0.4 is 0 Å². The molecule has 1 aliphatic rings. The first-order valence-corrected chi connectivity index (χ1v) is 5.93. The van der Waals surface area contributed by atoms with Gasteiger partial charge in [-0.2, -0.15) is 8.42 Å². The van der Waals surface area contributed by atoms with E-state index in [2.05, 4.69) is 0 Å². The minimum Gasteiger partial charge on any atom is -0.481 e. The van der Waals surface area contributed by atoms with Crippen molar-refractivity contribution in [3.8, 4) is 0 Å². The fourth-order valence-corrected chi connectivity index (χ4v) is 2.98. The lowest BCUT2D eigenvalue weighted by molar-refractivity contribution is -0.145. The number of carboxylic acids is 2. The first kappa shape index (κ1) is 13.4. The van der Waals surface area contributed by atoms with Gasteiger partial charge in [0, 0.05) is 0 Å². The largest absolute Gasteiger partial charge is 0.481 e. The predicted molar refractivity (Wildman–Crippen MR) is 55.9 cm³/mol. The molecule has 94 valence electrons. The first-order valence-electron chi connectivity index (χ1n) is 4.43. The molecule has 0 saturated heterocycles. The molecule has 0 aromatic rings. The number of hydrogen-bond acceptors (Lipinski definition) is 4. The van der Waals surface area contributed by atoms with Gasteiger partial charge in [0.1, 0.15) is 10.7 Å².